The minimum absolute atomic E-state index is 0.172. The molecule has 0 saturated heterocycles. The summed E-state index contributed by atoms with van der Waals surface area (Å²) in [7, 11) is 0. The van der Waals surface area contributed by atoms with Crippen molar-refractivity contribution in [1.29, 1.82) is 0 Å². The van der Waals surface area contributed by atoms with E-state index in [4.69, 9.17) is 16.3 Å². The molecule has 0 aromatic heterocycles. The Labute approximate surface area is 136 Å². The molecular weight excluding hydrogens is 298 g/mol. The molecule has 0 fully saturated rings. The lowest BCUT2D eigenvalue weighted by Gasteiger charge is -2.18. The van der Waals surface area contributed by atoms with Crippen LogP contribution >= 0.6 is 11.6 Å². The first-order valence-corrected chi connectivity index (χ1v) is 7.67. The normalized spacial score (nSPS) is 11.8. The number of ether oxygens (including phenoxy) is 1. The fourth-order valence-corrected chi connectivity index (χ4v) is 2.29. The molecule has 2 rings (SSSR count). The Balaban J connectivity index is 2.10. The molecule has 3 nitrogen and oxygen atoms in total. The highest BCUT2D eigenvalue weighted by atomic mass is 35.5. The van der Waals surface area contributed by atoms with Gasteiger partial charge in [0.15, 0.2) is 6.10 Å². The Bertz CT molecular complexity index is 670. The molecule has 0 saturated carbocycles. The number of rotatable bonds is 5. The summed E-state index contributed by atoms with van der Waals surface area (Å²) in [5.74, 6) is 0.527. The van der Waals surface area contributed by atoms with Crippen molar-refractivity contribution in [2.45, 2.75) is 33.3 Å². The zero-order valence-electron chi connectivity index (χ0n) is 13.0. The van der Waals surface area contributed by atoms with Crippen molar-refractivity contribution < 1.29 is 9.53 Å². The number of aryl methyl sites for hydroxylation is 2. The molecular formula is C18H20ClNO2. The van der Waals surface area contributed by atoms with Crippen LogP contribution in [0.1, 0.15) is 24.5 Å². The molecule has 0 aliphatic rings. The predicted octanol–water partition coefficient (Wildman–Crippen LogP) is 4.75. The molecule has 4 heteroatoms. The van der Waals surface area contributed by atoms with Crippen LogP contribution in [0, 0.1) is 13.8 Å². The Hall–Kier alpha value is -2.00. The van der Waals surface area contributed by atoms with Gasteiger partial charge in [0, 0.05) is 10.7 Å². The summed E-state index contributed by atoms with van der Waals surface area (Å²) in [6, 6.07) is 13.1. The number of halogens is 1. The van der Waals surface area contributed by atoms with Gasteiger partial charge in [-0.3, -0.25) is 4.79 Å². The average molecular weight is 318 g/mol. The summed E-state index contributed by atoms with van der Waals surface area (Å²) < 4.78 is 5.80. The monoisotopic (exact) mass is 317 g/mol. The highest BCUT2D eigenvalue weighted by Gasteiger charge is 2.19. The van der Waals surface area contributed by atoms with E-state index in [2.05, 4.69) is 5.32 Å². The van der Waals surface area contributed by atoms with Crippen molar-refractivity contribution in [3.8, 4) is 5.75 Å². The Morgan fingerprint density at radius 3 is 2.68 bits per heavy atom. The summed E-state index contributed by atoms with van der Waals surface area (Å²) in [4.78, 5) is 12.4. The van der Waals surface area contributed by atoms with Gasteiger partial charge in [-0.1, -0.05) is 36.7 Å². The van der Waals surface area contributed by atoms with Crippen molar-refractivity contribution >= 4 is 23.2 Å². The Morgan fingerprint density at radius 1 is 1.23 bits per heavy atom. The lowest BCUT2D eigenvalue weighted by Crippen LogP contribution is -2.32. The zero-order valence-corrected chi connectivity index (χ0v) is 13.8. The van der Waals surface area contributed by atoms with Gasteiger partial charge < -0.3 is 10.1 Å². The van der Waals surface area contributed by atoms with Crippen LogP contribution in [0.2, 0.25) is 5.02 Å². The number of hydrogen-bond donors (Lipinski definition) is 1. The van der Waals surface area contributed by atoms with Gasteiger partial charge in [-0.15, -0.1) is 0 Å². The number of hydrogen-bond acceptors (Lipinski definition) is 2. The molecule has 1 N–H and O–H groups in total. The van der Waals surface area contributed by atoms with Gasteiger partial charge >= 0.3 is 0 Å². The van der Waals surface area contributed by atoms with E-state index >= 15 is 0 Å². The second-order valence-corrected chi connectivity index (χ2v) is 5.72. The van der Waals surface area contributed by atoms with E-state index in [0.717, 1.165) is 11.1 Å². The number of carbonyl (C=O) groups is 1. The maximum absolute atomic E-state index is 12.4. The van der Waals surface area contributed by atoms with Crippen molar-refractivity contribution in [3.63, 3.8) is 0 Å². The molecule has 0 aliphatic carbocycles. The molecule has 2 aromatic carbocycles. The first-order chi connectivity index (χ1) is 10.5. The predicted molar refractivity (Wildman–Crippen MR) is 90.7 cm³/mol. The van der Waals surface area contributed by atoms with Crippen LogP contribution in [0.25, 0.3) is 0 Å². The van der Waals surface area contributed by atoms with Gasteiger partial charge in [-0.2, -0.15) is 0 Å². The van der Waals surface area contributed by atoms with Crippen LogP contribution in [0.15, 0.2) is 42.5 Å². The van der Waals surface area contributed by atoms with Crippen molar-refractivity contribution in [3.05, 3.63) is 58.6 Å². The maximum Gasteiger partial charge on any atom is 0.265 e. The van der Waals surface area contributed by atoms with Crippen LogP contribution in [0.5, 0.6) is 5.75 Å². The van der Waals surface area contributed by atoms with Gasteiger partial charge in [0.2, 0.25) is 0 Å². The molecule has 1 unspecified atom stereocenters. The zero-order chi connectivity index (χ0) is 16.1. The SMILES string of the molecule is CCC(Oc1cccc(C)c1)C(=O)Nc1cc(Cl)ccc1C. The second-order valence-electron chi connectivity index (χ2n) is 5.28. The minimum atomic E-state index is -0.541. The summed E-state index contributed by atoms with van der Waals surface area (Å²) in [6.07, 6.45) is 0.0412. The third kappa shape index (κ3) is 4.25. The van der Waals surface area contributed by atoms with Crippen molar-refractivity contribution in [1.82, 2.24) is 0 Å². The number of carbonyl (C=O) groups excluding carboxylic acids is 1. The van der Waals surface area contributed by atoms with Gasteiger partial charge in [0.05, 0.1) is 0 Å². The summed E-state index contributed by atoms with van der Waals surface area (Å²) in [5, 5.41) is 3.48. The van der Waals surface area contributed by atoms with Crippen LogP contribution in [0.4, 0.5) is 5.69 Å². The standard InChI is InChI=1S/C18H20ClNO2/c1-4-17(22-15-7-5-6-12(2)10-15)18(21)20-16-11-14(19)9-8-13(16)3/h5-11,17H,4H2,1-3H3,(H,20,21). The molecule has 1 atom stereocenters. The third-order valence-corrected chi connectivity index (χ3v) is 3.62. The molecule has 0 spiro atoms. The van der Waals surface area contributed by atoms with E-state index in [-0.39, 0.29) is 5.91 Å². The first kappa shape index (κ1) is 16.4. The number of anilines is 1. The average Bonchev–Trinajstić information content (AvgIpc) is 2.48. The molecule has 0 aliphatic heterocycles. The number of benzene rings is 2. The Morgan fingerprint density at radius 2 is 2.00 bits per heavy atom. The lowest BCUT2D eigenvalue weighted by molar-refractivity contribution is -0.122. The van der Waals surface area contributed by atoms with Crippen LogP contribution < -0.4 is 10.1 Å². The number of nitrogens with one attached hydrogen (secondary N) is 1. The minimum Gasteiger partial charge on any atom is -0.481 e. The van der Waals surface area contributed by atoms with Gasteiger partial charge in [0.1, 0.15) is 5.75 Å². The summed E-state index contributed by atoms with van der Waals surface area (Å²) in [5.41, 5.74) is 2.77. The highest BCUT2D eigenvalue weighted by Crippen LogP contribution is 2.21. The first-order valence-electron chi connectivity index (χ1n) is 7.30. The van der Waals surface area contributed by atoms with E-state index in [0.29, 0.717) is 22.9 Å². The fraction of sp³-hybridized carbons (Fsp3) is 0.278. The molecule has 0 bridgehead atoms. The van der Waals surface area contributed by atoms with Gasteiger partial charge in [-0.25, -0.2) is 0 Å². The van der Waals surface area contributed by atoms with E-state index in [9.17, 15) is 4.79 Å². The molecule has 116 valence electrons. The van der Waals surface area contributed by atoms with E-state index in [1.807, 2.05) is 51.1 Å². The smallest absolute Gasteiger partial charge is 0.265 e. The number of amides is 1. The van der Waals surface area contributed by atoms with Crippen LogP contribution in [0.3, 0.4) is 0 Å². The summed E-state index contributed by atoms with van der Waals surface area (Å²) in [6.45, 7) is 5.84. The fourth-order valence-electron chi connectivity index (χ4n) is 2.12. The van der Waals surface area contributed by atoms with Crippen LogP contribution in [-0.4, -0.2) is 12.0 Å². The quantitative estimate of drug-likeness (QED) is 0.864. The molecule has 2 aromatic rings. The molecule has 22 heavy (non-hydrogen) atoms. The maximum atomic E-state index is 12.4. The third-order valence-electron chi connectivity index (χ3n) is 3.39. The molecule has 0 heterocycles. The summed E-state index contributed by atoms with van der Waals surface area (Å²) >= 11 is 5.98. The van der Waals surface area contributed by atoms with Crippen LogP contribution in [-0.2, 0) is 4.79 Å². The highest BCUT2D eigenvalue weighted by molar-refractivity contribution is 6.31. The lowest BCUT2D eigenvalue weighted by atomic mass is 10.2. The van der Waals surface area contributed by atoms with Crippen molar-refractivity contribution in [2.75, 3.05) is 5.32 Å². The van der Waals surface area contributed by atoms with Gasteiger partial charge in [0.25, 0.3) is 5.91 Å². The molecule has 0 radical (unpaired) electrons. The Kier molecular flexibility index (Phi) is 5.45. The second kappa shape index (κ2) is 7.32. The largest absolute Gasteiger partial charge is 0.481 e. The molecule has 1 amide bonds. The van der Waals surface area contributed by atoms with Gasteiger partial charge in [-0.05, 0) is 55.7 Å². The topological polar surface area (TPSA) is 38.3 Å². The van der Waals surface area contributed by atoms with E-state index < -0.39 is 6.10 Å². The van der Waals surface area contributed by atoms with E-state index in [1.54, 1.807) is 12.1 Å². The van der Waals surface area contributed by atoms with Crippen molar-refractivity contribution in [2.24, 2.45) is 0 Å². The van der Waals surface area contributed by atoms with E-state index in [1.165, 1.54) is 0 Å².